The van der Waals surface area contributed by atoms with Crippen LogP contribution in [0.5, 0.6) is 0 Å². The summed E-state index contributed by atoms with van der Waals surface area (Å²) in [5.41, 5.74) is 2.07. The van der Waals surface area contributed by atoms with Crippen LogP contribution in [0.4, 0.5) is 0 Å². The van der Waals surface area contributed by atoms with E-state index in [-0.39, 0.29) is 11.8 Å². The van der Waals surface area contributed by atoms with Gasteiger partial charge in [-0.1, -0.05) is 11.6 Å². The summed E-state index contributed by atoms with van der Waals surface area (Å²) in [5.74, 6) is 1.93. The van der Waals surface area contributed by atoms with Crippen LogP contribution in [0.2, 0.25) is 0 Å². The molecule has 200 valence electrons. The first-order valence-corrected chi connectivity index (χ1v) is 13.9. The van der Waals surface area contributed by atoms with Gasteiger partial charge in [0.2, 0.25) is 0 Å². The zero-order valence-electron chi connectivity index (χ0n) is 22.3. The van der Waals surface area contributed by atoms with Crippen molar-refractivity contribution < 1.29 is 9.32 Å². The molecule has 0 radical (unpaired) electrons. The molecule has 4 aromatic rings. The summed E-state index contributed by atoms with van der Waals surface area (Å²) < 4.78 is 9.57. The summed E-state index contributed by atoms with van der Waals surface area (Å²) in [6.07, 6.45) is 13.0. The van der Waals surface area contributed by atoms with E-state index in [0.717, 1.165) is 68.9 Å². The van der Waals surface area contributed by atoms with Crippen molar-refractivity contribution in [3.63, 3.8) is 0 Å². The van der Waals surface area contributed by atoms with E-state index < -0.39 is 5.41 Å². The van der Waals surface area contributed by atoms with E-state index in [1.807, 2.05) is 4.68 Å². The van der Waals surface area contributed by atoms with Crippen LogP contribution in [0.25, 0.3) is 28.4 Å². The lowest BCUT2D eigenvalue weighted by Gasteiger charge is -2.36. The summed E-state index contributed by atoms with van der Waals surface area (Å²) in [6, 6.07) is 2.58. The first kappa shape index (κ1) is 24.2. The van der Waals surface area contributed by atoms with Gasteiger partial charge in [-0.3, -0.25) is 4.79 Å². The van der Waals surface area contributed by atoms with E-state index in [2.05, 4.69) is 35.2 Å². The molecule has 1 saturated carbocycles. The number of rotatable bonds is 4. The van der Waals surface area contributed by atoms with Gasteiger partial charge >= 0.3 is 0 Å². The maximum atomic E-state index is 13.2. The molecule has 3 atom stereocenters. The fraction of sp³-hybridized carbons (Fsp3) is 0.536. The second-order valence-electron chi connectivity index (χ2n) is 11.3. The number of carbonyl (C=O) groups is 1. The zero-order valence-corrected chi connectivity index (χ0v) is 22.3. The molecule has 2 fully saturated rings. The number of ketones is 1. The number of carbonyl (C=O) groups excluding carboxylic acids is 1. The molecular weight excluding hydrogens is 494 g/mol. The highest BCUT2D eigenvalue weighted by atomic mass is 16.5. The Hall–Kier alpha value is -3.91. The second kappa shape index (κ2) is 9.09. The lowest BCUT2D eigenvalue weighted by molar-refractivity contribution is -0.128. The number of hydrogen-bond acceptors (Lipinski definition) is 9. The Bertz CT molecular complexity index is 1630. The Balaban J connectivity index is 1.41. The second-order valence-corrected chi connectivity index (χ2v) is 11.3. The maximum Gasteiger partial charge on any atom is 0.186 e. The molecule has 4 aromatic heterocycles. The van der Waals surface area contributed by atoms with E-state index in [1.165, 1.54) is 6.20 Å². The third-order valence-electron chi connectivity index (χ3n) is 9.14. The summed E-state index contributed by atoms with van der Waals surface area (Å²) in [6.45, 7) is 3.24. The number of nitriles is 1. The molecule has 5 heterocycles. The third-order valence-corrected chi connectivity index (χ3v) is 9.14. The van der Waals surface area contributed by atoms with Crippen LogP contribution in [0.3, 0.4) is 0 Å². The highest BCUT2D eigenvalue weighted by molar-refractivity contribution is 5.91. The Labute approximate surface area is 225 Å². The molecule has 0 N–H and O–H groups in total. The molecule has 39 heavy (non-hydrogen) atoms. The Kier molecular flexibility index (Phi) is 5.63. The van der Waals surface area contributed by atoms with Crippen molar-refractivity contribution in [2.45, 2.75) is 82.2 Å². The lowest BCUT2D eigenvalue weighted by atomic mass is 9.64. The molecule has 3 aliphatic rings. The molecule has 11 nitrogen and oxygen atoms in total. The van der Waals surface area contributed by atoms with Crippen molar-refractivity contribution in [2.75, 3.05) is 13.6 Å². The number of likely N-dealkylation sites (N-methyl/N-ethyl adjacent to an activating group) is 1. The number of likely N-dealkylation sites (tertiary alicyclic amines) is 1. The number of hydrogen-bond donors (Lipinski definition) is 0. The molecular formula is C28H31N9O2. The average molecular weight is 526 g/mol. The molecule has 0 bridgehead atoms. The largest absolute Gasteiger partial charge is 0.359 e. The standard InChI is InChI=1S/C28H31N9O2/c1-17(21-8-6-12-35(21)2)37-27-20(15-31-37)26(36-16-18(13-29)14-30-36)32-25(33-27)23-19-7-5-11-28(24(19)39-34-23)10-4-3-9-22(28)38/h14-17,21H,3-12H2,1-2H3/t17-,21-,28+/m0/s1. The highest BCUT2D eigenvalue weighted by Gasteiger charge is 2.48. The number of Topliss-reactive ketones (excluding diaryl/α,β-unsaturated/α-hetero) is 1. The average Bonchev–Trinajstić information content (AvgIpc) is 3.75. The monoisotopic (exact) mass is 525 g/mol. The van der Waals surface area contributed by atoms with Crippen LogP contribution >= 0.6 is 0 Å². The summed E-state index contributed by atoms with van der Waals surface area (Å²) in [5, 5.41) is 23.8. The SMILES string of the molecule is C[C@@H]([C@@H]1CCCN1C)n1ncc2c(-n3cc(C#N)cn3)nc(-c3noc4c3CCC[C@@]43CCCCC3=O)nc21. The normalized spacial score (nSPS) is 24.3. The van der Waals surface area contributed by atoms with Gasteiger partial charge in [-0.2, -0.15) is 15.5 Å². The van der Waals surface area contributed by atoms with Gasteiger partial charge in [0.25, 0.3) is 0 Å². The van der Waals surface area contributed by atoms with Crippen LogP contribution in [-0.4, -0.2) is 65.0 Å². The molecule has 1 saturated heterocycles. The van der Waals surface area contributed by atoms with Gasteiger partial charge in [0.15, 0.2) is 28.7 Å². The minimum absolute atomic E-state index is 0.0900. The van der Waals surface area contributed by atoms with Crippen molar-refractivity contribution >= 4 is 16.8 Å². The fourth-order valence-corrected chi connectivity index (χ4v) is 7.06. The Morgan fingerprint density at radius 3 is 2.77 bits per heavy atom. The Morgan fingerprint density at radius 2 is 2.00 bits per heavy atom. The molecule has 1 spiro atoms. The van der Waals surface area contributed by atoms with Crippen molar-refractivity contribution in [1.82, 2.24) is 39.6 Å². The third kappa shape index (κ3) is 3.65. The highest BCUT2D eigenvalue weighted by Crippen LogP contribution is 2.47. The number of nitrogens with zero attached hydrogens (tertiary/aromatic N) is 9. The molecule has 1 aliphatic heterocycles. The number of aromatic nitrogens is 7. The summed E-state index contributed by atoms with van der Waals surface area (Å²) in [7, 11) is 2.16. The quantitative estimate of drug-likeness (QED) is 0.389. The first-order valence-electron chi connectivity index (χ1n) is 13.9. The maximum absolute atomic E-state index is 13.2. The van der Waals surface area contributed by atoms with Gasteiger partial charge in [0, 0.05) is 18.0 Å². The molecule has 7 rings (SSSR count). The Morgan fingerprint density at radius 1 is 1.13 bits per heavy atom. The van der Waals surface area contributed by atoms with Crippen LogP contribution in [0.1, 0.15) is 81.2 Å². The minimum atomic E-state index is -0.572. The van der Waals surface area contributed by atoms with Gasteiger partial charge in [-0.05, 0) is 65.5 Å². The first-order chi connectivity index (χ1) is 19.0. The van der Waals surface area contributed by atoms with Crippen LogP contribution in [-0.2, 0) is 16.6 Å². The smallest absolute Gasteiger partial charge is 0.186 e. The molecule has 11 heteroatoms. The van der Waals surface area contributed by atoms with Crippen molar-refractivity contribution in [3.8, 4) is 23.4 Å². The zero-order chi connectivity index (χ0) is 26.7. The van der Waals surface area contributed by atoms with Crippen LogP contribution in [0.15, 0.2) is 23.1 Å². The van der Waals surface area contributed by atoms with E-state index in [9.17, 15) is 10.1 Å². The predicted octanol–water partition coefficient (Wildman–Crippen LogP) is 3.91. The van der Waals surface area contributed by atoms with E-state index in [0.29, 0.717) is 46.8 Å². The van der Waals surface area contributed by atoms with E-state index >= 15 is 0 Å². The topological polar surface area (TPSA) is 132 Å². The van der Waals surface area contributed by atoms with E-state index in [1.54, 1.807) is 17.1 Å². The van der Waals surface area contributed by atoms with Crippen LogP contribution < -0.4 is 0 Å². The van der Waals surface area contributed by atoms with Crippen molar-refractivity contribution in [3.05, 3.63) is 35.5 Å². The number of fused-ring (bicyclic) bond motifs is 3. The summed E-state index contributed by atoms with van der Waals surface area (Å²) >= 11 is 0. The molecule has 0 amide bonds. The van der Waals surface area contributed by atoms with Gasteiger partial charge < -0.3 is 9.42 Å². The fourth-order valence-electron chi connectivity index (χ4n) is 7.06. The van der Waals surface area contributed by atoms with E-state index in [4.69, 9.17) is 19.6 Å². The van der Waals surface area contributed by atoms with Crippen molar-refractivity contribution in [1.29, 1.82) is 5.26 Å². The van der Waals surface area contributed by atoms with Gasteiger partial charge in [-0.25, -0.2) is 19.3 Å². The van der Waals surface area contributed by atoms with Gasteiger partial charge in [0.1, 0.15) is 11.9 Å². The minimum Gasteiger partial charge on any atom is -0.359 e. The predicted molar refractivity (Wildman–Crippen MR) is 141 cm³/mol. The van der Waals surface area contributed by atoms with Crippen molar-refractivity contribution in [2.24, 2.45) is 0 Å². The summed E-state index contributed by atoms with van der Waals surface area (Å²) in [4.78, 5) is 25.5. The van der Waals surface area contributed by atoms with Gasteiger partial charge in [-0.15, -0.1) is 0 Å². The molecule has 2 aliphatic carbocycles. The molecule has 0 unspecified atom stereocenters. The lowest BCUT2D eigenvalue weighted by Crippen LogP contribution is -2.41. The van der Waals surface area contributed by atoms with Gasteiger partial charge in [0.05, 0.1) is 41.0 Å². The van der Waals surface area contributed by atoms with Crippen LogP contribution in [0, 0.1) is 11.3 Å². The molecule has 0 aromatic carbocycles.